The van der Waals surface area contributed by atoms with Gasteiger partial charge in [0.05, 0.1) is 12.8 Å². The largest absolute Gasteiger partial charge is 0.497 e. The van der Waals surface area contributed by atoms with Crippen molar-refractivity contribution in [2.75, 3.05) is 12.4 Å². The molecular weight excluding hydrogens is 328 g/mol. The molecule has 1 aromatic carbocycles. The lowest BCUT2D eigenvalue weighted by Crippen LogP contribution is -2.13. The lowest BCUT2D eigenvalue weighted by atomic mass is 10.1. The van der Waals surface area contributed by atoms with Crippen LogP contribution in [0.25, 0.3) is 16.2 Å². The first-order valence-electron chi connectivity index (χ1n) is 7.07. The molecule has 8 heteroatoms. The number of aromatic nitrogens is 3. The Morgan fingerprint density at radius 2 is 2.29 bits per heavy atom. The molecule has 4 aromatic rings. The first kappa shape index (κ1) is 14.5. The molecule has 0 fully saturated rings. The van der Waals surface area contributed by atoms with Crippen molar-refractivity contribution >= 4 is 28.0 Å². The minimum atomic E-state index is -0.273. The van der Waals surface area contributed by atoms with Crippen molar-refractivity contribution in [3.8, 4) is 17.0 Å². The number of nitrogens with one attached hydrogen (secondary N) is 1. The summed E-state index contributed by atoms with van der Waals surface area (Å²) in [4.78, 5) is 17.7. The Hall–Kier alpha value is -3.13. The van der Waals surface area contributed by atoms with E-state index in [1.165, 1.54) is 17.6 Å². The summed E-state index contributed by atoms with van der Waals surface area (Å²) in [7, 11) is 1.62. The summed E-state index contributed by atoms with van der Waals surface area (Å²) in [5, 5.41) is 8.11. The Balaban J connectivity index is 1.69. The van der Waals surface area contributed by atoms with Crippen LogP contribution >= 0.6 is 11.3 Å². The molecule has 0 saturated heterocycles. The highest BCUT2D eigenvalue weighted by Gasteiger charge is 2.16. The van der Waals surface area contributed by atoms with Crippen molar-refractivity contribution in [3.63, 3.8) is 0 Å². The van der Waals surface area contributed by atoms with Crippen LogP contribution in [0.1, 0.15) is 10.5 Å². The van der Waals surface area contributed by atoms with E-state index in [0.717, 1.165) is 22.0 Å². The third-order valence-electron chi connectivity index (χ3n) is 3.49. The van der Waals surface area contributed by atoms with E-state index in [1.54, 1.807) is 23.0 Å². The van der Waals surface area contributed by atoms with Crippen LogP contribution in [0.15, 0.2) is 52.7 Å². The lowest BCUT2D eigenvalue weighted by Gasteiger charge is -2.01. The van der Waals surface area contributed by atoms with Gasteiger partial charge in [0, 0.05) is 23.2 Å². The highest BCUT2D eigenvalue weighted by atomic mass is 32.1. The van der Waals surface area contributed by atoms with Crippen molar-refractivity contribution in [2.45, 2.75) is 0 Å². The smallest absolute Gasteiger partial charge is 0.274 e. The van der Waals surface area contributed by atoms with E-state index in [1.807, 2.05) is 30.5 Å². The molecule has 120 valence electrons. The number of amides is 1. The molecule has 24 heavy (non-hydrogen) atoms. The van der Waals surface area contributed by atoms with Crippen LogP contribution in [0, 0.1) is 0 Å². The number of methoxy groups -OCH3 is 1. The Morgan fingerprint density at radius 1 is 1.38 bits per heavy atom. The molecule has 3 aromatic heterocycles. The van der Waals surface area contributed by atoms with Crippen molar-refractivity contribution in [2.24, 2.45) is 0 Å². The molecule has 0 unspecified atom stereocenters. The first-order valence-corrected chi connectivity index (χ1v) is 7.95. The zero-order chi connectivity index (χ0) is 16.5. The standard InChI is InChI=1S/C16H12N4O3S/c1-22-11-4-2-3-10(7-11)12-8-20-13(9-24-16(20)17-12)15(21)18-14-5-6-23-19-14/h2-9H,1H3,(H,18,19,21). The van der Waals surface area contributed by atoms with Gasteiger partial charge in [-0.15, -0.1) is 11.3 Å². The van der Waals surface area contributed by atoms with Crippen LogP contribution in [-0.2, 0) is 0 Å². The Labute approximate surface area is 140 Å². The fourth-order valence-corrected chi connectivity index (χ4v) is 3.18. The molecule has 7 nitrogen and oxygen atoms in total. The van der Waals surface area contributed by atoms with Crippen LogP contribution in [0.2, 0.25) is 0 Å². The van der Waals surface area contributed by atoms with Crippen molar-refractivity contribution in [3.05, 3.63) is 53.9 Å². The van der Waals surface area contributed by atoms with Gasteiger partial charge in [0.2, 0.25) is 0 Å². The highest BCUT2D eigenvalue weighted by Crippen LogP contribution is 2.26. The maximum absolute atomic E-state index is 12.4. The number of ether oxygens (including phenoxy) is 1. The van der Waals surface area contributed by atoms with E-state index in [-0.39, 0.29) is 5.91 Å². The van der Waals surface area contributed by atoms with E-state index in [0.29, 0.717) is 11.5 Å². The van der Waals surface area contributed by atoms with Gasteiger partial charge in [-0.3, -0.25) is 9.20 Å². The van der Waals surface area contributed by atoms with Crippen LogP contribution in [-0.4, -0.2) is 27.6 Å². The van der Waals surface area contributed by atoms with Gasteiger partial charge in [-0.25, -0.2) is 4.98 Å². The number of hydrogen-bond donors (Lipinski definition) is 1. The van der Waals surface area contributed by atoms with Crippen molar-refractivity contribution < 1.29 is 14.1 Å². The number of rotatable bonds is 4. The number of fused-ring (bicyclic) bond motifs is 1. The first-order chi connectivity index (χ1) is 11.7. The molecule has 1 amide bonds. The SMILES string of the molecule is COc1cccc(-c2cn3c(C(=O)Nc4ccon4)csc3n2)c1. The van der Waals surface area contributed by atoms with Gasteiger partial charge in [0.25, 0.3) is 5.91 Å². The number of hydrogen-bond acceptors (Lipinski definition) is 6. The molecule has 0 aliphatic rings. The molecule has 0 spiro atoms. The zero-order valence-electron chi connectivity index (χ0n) is 12.6. The van der Waals surface area contributed by atoms with Crippen LogP contribution in [0.3, 0.4) is 0 Å². The third kappa shape index (κ3) is 2.52. The predicted molar refractivity (Wildman–Crippen MR) is 89.5 cm³/mol. The minimum absolute atomic E-state index is 0.273. The maximum atomic E-state index is 12.4. The Kier molecular flexibility index (Phi) is 3.51. The highest BCUT2D eigenvalue weighted by molar-refractivity contribution is 7.15. The summed E-state index contributed by atoms with van der Waals surface area (Å²) in [6.45, 7) is 0. The summed E-state index contributed by atoms with van der Waals surface area (Å²) in [6.07, 6.45) is 3.23. The summed E-state index contributed by atoms with van der Waals surface area (Å²) >= 11 is 1.40. The molecule has 0 aliphatic heterocycles. The summed E-state index contributed by atoms with van der Waals surface area (Å²) in [5.41, 5.74) is 2.18. The van der Waals surface area contributed by atoms with Crippen LogP contribution < -0.4 is 10.1 Å². The van der Waals surface area contributed by atoms with Gasteiger partial charge in [-0.1, -0.05) is 17.3 Å². The van der Waals surface area contributed by atoms with Crippen LogP contribution in [0.4, 0.5) is 5.82 Å². The minimum Gasteiger partial charge on any atom is -0.497 e. The second-order valence-corrected chi connectivity index (χ2v) is 5.81. The topological polar surface area (TPSA) is 81.7 Å². The Bertz CT molecular complexity index is 1000. The molecule has 0 saturated carbocycles. The summed E-state index contributed by atoms with van der Waals surface area (Å²) in [5.74, 6) is 0.852. The second kappa shape index (κ2) is 5.82. The third-order valence-corrected chi connectivity index (χ3v) is 4.33. The van der Waals surface area contributed by atoms with Gasteiger partial charge < -0.3 is 14.6 Å². The normalized spacial score (nSPS) is 10.9. The zero-order valence-corrected chi connectivity index (χ0v) is 13.4. The fraction of sp³-hybridized carbons (Fsp3) is 0.0625. The van der Waals surface area contributed by atoms with E-state index >= 15 is 0 Å². The van der Waals surface area contributed by atoms with Gasteiger partial charge in [0.15, 0.2) is 10.8 Å². The fourth-order valence-electron chi connectivity index (χ4n) is 2.33. The number of anilines is 1. The maximum Gasteiger partial charge on any atom is 0.274 e. The molecule has 0 radical (unpaired) electrons. The summed E-state index contributed by atoms with van der Waals surface area (Å²) in [6, 6.07) is 9.21. The number of imidazole rings is 1. The van der Waals surface area contributed by atoms with Gasteiger partial charge in [-0.2, -0.15) is 0 Å². The molecule has 0 atom stereocenters. The van der Waals surface area contributed by atoms with Gasteiger partial charge in [-0.05, 0) is 12.1 Å². The van der Waals surface area contributed by atoms with E-state index in [9.17, 15) is 4.79 Å². The Morgan fingerprint density at radius 3 is 3.08 bits per heavy atom. The number of carbonyl (C=O) groups excluding carboxylic acids is 1. The average molecular weight is 340 g/mol. The predicted octanol–water partition coefficient (Wildman–Crippen LogP) is 3.31. The quantitative estimate of drug-likeness (QED) is 0.616. The van der Waals surface area contributed by atoms with Gasteiger partial charge >= 0.3 is 0 Å². The molecular formula is C16H12N4O3S. The van der Waals surface area contributed by atoms with E-state index < -0.39 is 0 Å². The number of nitrogens with zero attached hydrogens (tertiary/aromatic N) is 3. The molecule has 4 rings (SSSR count). The number of benzene rings is 1. The van der Waals surface area contributed by atoms with Crippen LogP contribution in [0.5, 0.6) is 5.75 Å². The number of carbonyl (C=O) groups is 1. The average Bonchev–Trinajstić information content (AvgIpc) is 3.31. The van der Waals surface area contributed by atoms with Crippen molar-refractivity contribution in [1.82, 2.24) is 14.5 Å². The van der Waals surface area contributed by atoms with E-state index in [2.05, 4.69) is 15.5 Å². The molecule has 0 bridgehead atoms. The van der Waals surface area contributed by atoms with E-state index in [4.69, 9.17) is 9.26 Å². The van der Waals surface area contributed by atoms with Crippen molar-refractivity contribution in [1.29, 1.82) is 0 Å². The number of thiazole rings is 1. The second-order valence-electron chi connectivity index (χ2n) is 4.97. The molecule has 1 N–H and O–H groups in total. The molecule has 0 aliphatic carbocycles. The molecule has 3 heterocycles. The monoisotopic (exact) mass is 340 g/mol. The van der Waals surface area contributed by atoms with Gasteiger partial charge in [0.1, 0.15) is 17.7 Å². The summed E-state index contributed by atoms with van der Waals surface area (Å²) < 4.78 is 11.7. The lowest BCUT2D eigenvalue weighted by molar-refractivity contribution is 0.102.